The van der Waals surface area contributed by atoms with E-state index in [9.17, 15) is 4.79 Å². The summed E-state index contributed by atoms with van der Waals surface area (Å²) in [6, 6.07) is 0.680. The maximum Gasteiger partial charge on any atom is 0.224 e. The molecule has 0 heterocycles. The van der Waals surface area contributed by atoms with Crippen molar-refractivity contribution in [2.24, 2.45) is 11.7 Å². The van der Waals surface area contributed by atoms with Crippen LogP contribution in [-0.4, -0.2) is 43.0 Å². The van der Waals surface area contributed by atoms with Crippen molar-refractivity contribution in [3.8, 4) is 0 Å². The van der Waals surface area contributed by atoms with Gasteiger partial charge in [-0.25, -0.2) is 0 Å². The van der Waals surface area contributed by atoms with Crippen LogP contribution in [0, 0.1) is 5.92 Å². The van der Waals surface area contributed by atoms with Crippen molar-refractivity contribution in [2.45, 2.75) is 38.8 Å². The van der Waals surface area contributed by atoms with Crippen LogP contribution in [-0.2, 0) is 4.79 Å². The first kappa shape index (κ1) is 12.5. The third-order valence-electron chi connectivity index (χ3n) is 3.14. The molecule has 88 valence electrons. The van der Waals surface area contributed by atoms with Gasteiger partial charge in [0.2, 0.25) is 5.91 Å². The van der Waals surface area contributed by atoms with E-state index in [4.69, 9.17) is 5.73 Å². The second-order valence-electron chi connectivity index (χ2n) is 4.65. The summed E-state index contributed by atoms with van der Waals surface area (Å²) in [4.78, 5) is 13.8. The molecule has 2 unspecified atom stereocenters. The zero-order valence-electron chi connectivity index (χ0n) is 9.99. The van der Waals surface area contributed by atoms with E-state index in [1.54, 1.807) is 0 Å². The predicted molar refractivity (Wildman–Crippen MR) is 61.5 cm³/mol. The van der Waals surface area contributed by atoms with E-state index in [2.05, 4.69) is 17.3 Å². The fraction of sp³-hybridized carbons (Fsp3) is 0.909. The van der Waals surface area contributed by atoms with E-state index in [1.807, 2.05) is 13.8 Å². The van der Waals surface area contributed by atoms with Crippen LogP contribution in [0.4, 0.5) is 0 Å². The molecule has 1 saturated carbocycles. The van der Waals surface area contributed by atoms with Gasteiger partial charge < -0.3 is 16.0 Å². The van der Waals surface area contributed by atoms with Crippen LogP contribution in [0.25, 0.3) is 0 Å². The van der Waals surface area contributed by atoms with E-state index < -0.39 is 0 Å². The van der Waals surface area contributed by atoms with Crippen LogP contribution in [0.5, 0.6) is 0 Å². The zero-order chi connectivity index (χ0) is 11.4. The number of nitrogens with two attached hydrogens (primary N) is 1. The molecule has 0 radical (unpaired) electrons. The Labute approximate surface area is 92.2 Å². The van der Waals surface area contributed by atoms with Crippen molar-refractivity contribution < 1.29 is 4.79 Å². The molecule has 0 aromatic heterocycles. The third-order valence-corrected chi connectivity index (χ3v) is 3.14. The predicted octanol–water partition coefficient (Wildman–Crippen LogP) is 0.180. The summed E-state index contributed by atoms with van der Waals surface area (Å²) in [5, 5.41) is 2.92. The average Bonchev–Trinajstić information content (AvgIpc) is 2.99. The van der Waals surface area contributed by atoms with Crippen molar-refractivity contribution in [1.29, 1.82) is 0 Å². The van der Waals surface area contributed by atoms with Gasteiger partial charge in [-0.15, -0.1) is 0 Å². The summed E-state index contributed by atoms with van der Waals surface area (Å²) in [5.41, 5.74) is 5.66. The highest BCUT2D eigenvalue weighted by atomic mass is 16.1. The summed E-state index contributed by atoms with van der Waals surface area (Å²) >= 11 is 0. The van der Waals surface area contributed by atoms with Crippen molar-refractivity contribution >= 4 is 5.91 Å². The maximum atomic E-state index is 11.5. The van der Waals surface area contributed by atoms with Crippen LogP contribution in [0.1, 0.15) is 26.7 Å². The molecule has 3 N–H and O–H groups in total. The molecule has 1 aliphatic carbocycles. The lowest BCUT2D eigenvalue weighted by atomic mass is 10.0. The molecule has 1 amide bonds. The first-order valence-electron chi connectivity index (χ1n) is 5.76. The number of likely N-dealkylation sites (N-methyl/N-ethyl adjacent to an activating group) is 1. The van der Waals surface area contributed by atoms with Gasteiger partial charge in [0.15, 0.2) is 0 Å². The van der Waals surface area contributed by atoms with Gasteiger partial charge in [-0.05, 0) is 26.8 Å². The largest absolute Gasteiger partial charge is 0.355 e. The summed E-state index contributed by atoms with van der Waals surface area (Å²) in [6.45, 7) is 5.39. The highest BCUT2D eigenvalue weighted by Gasteiger charge is 2.25. The number of nitrogens with zero attached hydrogens (tertiary/aromatic N) is 1. The fourth-order valence-electron chi connectivity index (χ4n) is 1.45. The lowest BCUT2D eigenvalue weighted by Crippen LogP contribution is -2.41. The van der Waals surface area contributed by atoms with Crippen LogP contribution < -0.4 is 11.1 Å². The SMILES string of the molecule is CC(N)C(C)C(=O)NCCN(C)C1CC1. The topological polar surface area (TPSA) is 58.4 Å². The fourth-order valence-corrected chi connectivity index (χ4v) is 1.45. The lowest BCUT2D eigenvalue weighted by molar-refractivity contribution is -0.124. The Bertz CT molecular complexity index is 214. The minimum atomic E-state index is -0.101. The number of rotatable bonds is 6. The third kappa shape index (κ3) is 4.18. The van der Waals surface area contributed by atoms with E-state index in [1.165, 1.54) is 12.8 Å². The normalized spacial score (nSPS) is 20.1. The van der Waals surface area contributed by atoms with Crippen LogP contribution in [0.15, 0.2) is 0 Å². The van der Waals surface area contributed by atoms with Gasteiger partial charge in [0.25, 0.3) is 0 Å². The Morgan fingerprint density at radius 1 is 1.53 bits per heavy atom. The highest BCUT2D eigenvalue weighted by molar-refractivity contribution is 5.78. The second kappa shape index (κ2) is 5.47. The average molecular weight is 213 g/mol. The molecule has 0 aromatic rings. The van der Waals surface area contributed by atoms with Gasteiger partial charge in [0.05, 0.1) is 0 Å². The Hall–Kier alpha value is -0.610. The van der Waals surface area contributed by atoms with Gasteiger partial charge in [0, 0.05) is 31.1 Å². The molecule has 1 fully saturated rings. The molecule has 0 bridgehead atoms. The monoisotopic (exact) mass is 213 g/mol. The number of nitrogens with one attached hydrogen (secondary N) is 1. The first-order valence-corrected chi connectivity index (χ1v) is 5.76. The summed E-state index contributed by atoms with van der Waals surface area (Å²) in [5.74, 6) is -0.0366. The van der Waals surface area contributed by atoms with Crippen LogP contribution >= 0.6 is 0 Å². The van der Waals surface area contributed by atoms with Crippen molar-refractivity contribution in [3.05, 3.63) is 0 Å². The molecule has 0 aromatic carbocycles. The first-order chi connectivity index (χ1) is 7.02. The van der Waals surface area contributed by atoms with E-state index >= 15 is 0 Å². The molecular formula is C11H23N3O. The zero-order valence-corrected chi connectivity index (χ0v) is 9.99. The Balaban J connectivity index is 2.10. The number of hydrogen-bond donors (Lipinski definition) is 2. The highest BCUT2D eigenvalue weighted by Crippen LogP contribution is 2.24. The molecule has 1 aliphatic rings. The van der Waals surface area contributed by atoms with E-state index in [0.717, 1.165) is 19.1 Å². The van der Waals surface area contributed by atoms with Gasteiger partial charge >= 0.3 is 0 Å². The summed E-state index contributed by atoms with van der Waals surface area (Å²) in [6.07, 6.45) is 2.61. The molecule has 0 saturated heterocycles. The Kier molecular flexibility index (Phi) is 4.54. The van der Waals surface area contributed by atoms with Gasteiger partial charge in [-0.2, -0.15) is 0 Å². The molecular weight excluding hydrogens is 190 g/mol. The van der Waals surface area contributed by atoms with Crippen molar-refractivity contribution in [3.63, 3.8) is 0 Å². The molecule has 0 spiro atoms. The Morgan fingerprint density at radius 2 is 2.13 bits per heavy atom. The standard InChI is InChI=1S/C11H23N3O/c1-8(9(2)12)11(15)13-6-7-14(3)10-4-5-10/h8-10H,4-7,12H2,1-3H3,(H,13,15). The lowest BCUT2D eigenvalue weighted by Gasteiger charge is -2.18. The smallest absolute Gasteiger partial charge is 0.224 e. The molecule has 0 aliphatic heterocycles. The molecule has 4 heteroatoms. The van der Waals surface area contributed by atoms with E-state index in [0.29, 0.717) is 0 Å². The van der Waals surface area contributed by atoms with Gasteiger partial charge in [0.1, 0.15) is 0 Å². The quantitative estimate of drug-likeness (QED) is 0.662. The molecule has 2 atom stereocenters. The Morgan fingerprint density at radius 3 is 2.60 bits per heavy atom. The van der Waals surface area contributed by atoms with Gasteiger partial charge in [-0.1, -0.05) is 6.92 Å². The number of hydrogen-bond acceptors (Lipinski definition) is 3. The molecule has 4 nitrogen and oxygen atoms in total. The van der Waals surface area contributed by atoms with Crippen LogP contribution in [0.2, 0.25) is 0 Å². The minimum absolute atomic E-state index is 0.0641. The number of carbonyl (C=O) groups excluding carboxylic acids is 1. The summed E-state index contributed by atoms with van der Waals surface area (Å²) < 4.78 is 0. The molecule has 1 rings (SSSR count). The minimum Gasteiger partial charge on any atom is -0.355 e. The van der Waals surface area contributed by atoms with E-state index in [-0.39, 0.29) is 17.9 Å². The number of amides is 1. The second-order valence-corrected chi connectivity index (χ2v) is 4.65. The van der Waals surface area contributed by atoms with Gasteiger partial charge in [-0.3, -0.25) is 4.79 Å². The van der Waals surface area contributed by atoms with Crippen molar-refractivity contribution in [2.75, 3.05) is 20.1 Å². The molecule has 15 heavy (non-hydrogen) atoms. The van der Waals surface area contributed by atoms with Crippen molar-refractivity contribution in [1.82, 2.24) is 10.2 Å². The maximum absolute atomic E-state index is 11.5. The van der Waals surface area contributed by atoms with Crippen LogP contribution in [0.3, 0.4) is 0 Å². The summed E-state index contributed by atoms with van der Waals surface area (Å²) in [7, 11) is 2.11. The number of carbonyl (C=O) groups is 1.